The Labute approximate surface area is 238 Å². The van der Waals surface area contributed by atoms with Crippen molar-refractivity contribution in [1.29, 1.82) is 0 Å². The van der Waals surface area contributed by atoms with E-state index in [9.17, 15) is 13.2 Å². The number of hydrogen-bond donors (Lipinski definition) is 2. The molecule has 1 aliphatic heterocycles. The van der Waals surface area contributed by atoms with Crippen LogP contribution in [0.15, 0.2) is 30.6 Å². The number of aromatic nitrogens is 2. The average Bonchev–Trinajstić information content (AvgIpc) is 3.74. The van der Waals surface area contributed by atoms with E-state index >= 15 is 4.39 Å². The molecule has 2 saturated carbocycles. The predicted molar refractivity (Wildman–Crippen MR) is 154 cm³/mol. The first-order chi connectivity index (χ1) is 19.5. The van der Waals surface area contributed by atoms with Crippen LogP contribution in [0.4, 0.5) is 15.8 Å². The van der Waals surface area contributed by atoms with Gasteiger partial charge in [0.15, 0.2) is 0 Å². The van der Waals surface area contributed by atoms with Crippen molar-refractivity contribution in [3.8, 4) is 17.0 Å². The molecule has 1 amide bonds. The summed E-state index contributed by atoms with van der Waals surface area (Å²) in [6.07, 6.45) is 5.32. The van der Waals surface area contributed by atoms with Gasteiger partial charge >= 0.3 is 0 Å². The second-order valence-corrected chi connectivity index (χ2v) is 13.4. The van der Waals surface area contributed by atoms with E-state index in [1.807, 2.05) is 13.8 Å². The molecule has 10 nitrogen and oxygen atoms in total. The van der Waals surface area contributed by atoms with Crippen LogP contribution < -0.4 is 19.7 Å². The zero-order valence-corrected chi connectivity index (χ0v) is 24.3. The van der Waals surface area contributed by atoms with Crippen molar-refractivity contribution in [2.24, 2.45) is 0 Å². The summed E-state index contributed by atoms with van der Waals surface area (Å²) in [5, 5.41) is 3.45. The molecule has 0 unspecified atom stereocenters. The Morgan fingerprint density at radius 2 is 1.93 bits per heavy atom. The first kappa shape index (κ1) is 27.8. The number of pyridine rings is 2. The van der Waals surface area contributed by atoms with Crippen molar-refractivity contribution in [2.45, 2.75) is 62.3 Å². The van der Waals surface area contributed by atoms with Crippen LogP contribution in [-0.2, 0) is 25.0 Å². The summed E-state index contributed by atoms with van der Waals surface area (Å²) in [7, 11) is -0.271. The summed E-state index contributed by atoms with van der Waals surface area (Å²) >= 11 is 0. The van der Waals surface area contributed by atoms with Gasteiger partial charge in [0, 0.05) is 61.1 Å². The summed E-state index contributed by atoms with van der Waals surface area (Å²) in [6, 6.07) is 4.86. The maximum atomic E-state index is 15.6. The summed E-state index contributed by atoms with van der Waals surface area (Å²) < 4.78 is 55.2. The highest BCUT2D eigenvalue weighted by atomic mass is 32.2. The van der Waals surface area contributed by atoms with Crippen LogP contribution >= 0.6 is 0 Å². The van der Waals surface area contributed by atoms with Gasteiger partial charge in [-0.1, -0.05) is 13.8 Å². The van der Waals surface area contributed by atoms with Crippen molar-refractivity contribution < 1.29 is 27.1 Å². The molecule has 0 atom stereocenters. The lowest BCUT2D eigenvalue weighted by Crippen LogP contribution is -2.51. The molecule has 3 aliphatic rings. The number of methoxy groups -OCH3 is 1. The minimum absolute atomic E-state index is 0.0205. The number of carbonyl (C=O) groups excluding carboxylic acids is 1. The first-order valence-corrected chi connectivity index (χ1v) is 15.4. The Hall–Kier alpha value is -3.35. The Morgan fingerprint density at radius 3 is 2.61 bits per heavy atom. The van der Waals surface area contributed by atoms with Gasteiger partial charge in [0.25, 0.3) is 0 Å². The monoisotopic (exact) mass is 583 g/mol. The fourth-order valence-electron chi connectivity index (χ4n) is 5.88. The molecular formula is C29H34FN5O5S. The van der Waals surface area contributed by atoms with Crippen molar-refractivity contribution >= 4 is 38.2 Å². The number of carbonyl (C=O) groups is 1. The number of rotatable bonds is 10. The number of benzene rings is 1. The molecule has 3 aromatic rings. The van der Waals surface area contributed by atoms with Crippen molar-refractivity contribution in [2.75, 3.05) is 36.9 Å². The van der Waals surface area contributed by atoms with Gasteiger partial charge in [-0.25, -0.2) is 17.8 Å². The third kappa shape index (κ3) is 4.81. The van der Waals surface area contributed by atoms with Crippen LogP contribution in [0.25, 0.3) is 22.0 Å². The fourth-order valence-corrected chi connectivity index (χ4v) is 7.26. The molecular weight excluding hydrogens is 549 g/mol. The Bertz CT molecular complexity index is 1640. The van der Waals surface area contributed by atoms with Crippen LogP contribution in [0.1, 0.15) is 45.1 Å². The summed E-state index contributed by atoms with van der Waals surface area (Å²) in [5.74, 6) is -0.431. The van der Waals surface area contributed by atoms with E-state index in [-0.39, 0.29) is 41.8 Å². The molecule has 1 aromatic carbocycles. The number of amides is 1. The molecule has 41 heavy (non-hydrogen) atoms. The lowest BCUT2D eigenvalue weighted by atomic mass is 9.62. The quantitative estimate of drug-likeness (QED) is 0.346. The minimum Gasteiger partial charge on any atom is -0.475 e. The summed E-state index contributed by atoms with van der Waals surface area (Å²) in [5.41, 5.74) is 1.97. The Kier molecular flexibility index (Phi) is 6.90. The fraction of sp³-hybridized carbons (Fsp3) is 0.483. The largest absolute Gasteiger partial charge is 0.475 e. The number of likely N-dealkylation sites (N-methyl/N-ethyl adjacent to an activating group) is 1. The molecule has 2 fully saturated rings. The average molecular weight is 584 g/mol. The maximum absolute atomic E-state index is 15.6. The van der Waals surface area contributed by atoms with Gasteiger partial charge in [-0.2, -0.15) is 0 Å². The summed E-state index contributed by atoms with van der Waals surface area (Å²) in [6.45, 7) is 4.85. The lowest BCUT2D eigenvalue weighted by molar-refractivity contribution is -0.131. The SMILES string of the molecule is COC1CC2(C1)C(=O)N(C)c1cnc3cc(F)c(-c4cnc(OCCNC(C)C)c(NS(=O)(=O)C5CC5)c4)cc3c12. The van der Waals surface area contributed by atoms with Gasteiger partial charge < -0.3 is 19.7 Å². The van der Waals surface area contributed by atoms with Crippen molar-refractivity contribution in [3.05, 3.63) is 42.0 Å². The molecule has 1 spiro atoms. The molecule has 2 N–H and O–H groups in total. The number of nitrogens with zero attached hydrogens (tertiary/aromatic N) is 3. The number of anilines is 2. The molecule has 2 aliphatic carbocycles. The molecule has 6 rings (SSSR count). The van der Waals surface area contributed by atoms with Gasteiger partial charge in [-0.05, 0) is 37.8 Å². The highest BCUT2D eigenvalue weighted by molar-refractivity contribution is 7.93. The van der Waals surface area contributed by atoms with Crippen LogP contribution in [0.5, 0.6) is 5.88 Å². The number of sulfonamides is 1. The standard InChI is InChI=1S/C29H34FN5O5S/c1-16(2)31-7-8-40-27-24(34-41(37,38)19-5-6-19)9-17(14-33-27)20-10-21-23(11-22(20)30)32-15-25-26(21)29(28(36)35(25)3)12-18(13-29)39-4/h9-11,14-16,18-19,31,34H,5-8,12-13H2,1-4H3. The number of halogens is 1. The van der Waals surface area contributed by atoms with E-state index in [2.05, 4.69) is 20.0 Å². The van der Waals surface area contributed by atoms with E-state index in [4.69, 9.17) is 9.47 Å². The topological polar surface area (TPSA) is 123 Å². The van der Waals surface area contributed by atoms with Gasteiger partial charge in [0.1, 0.15) is 18.1 Å². The zero-order chi connectivity index (χ0) is 29.1. The van der Waals surface area contributed by atoms with E-state index < -0.39 is 26.5 Å². The number of fused-ring (bicyclic) bond motifs is 4. The number of nitrogens with one attached hydrogen (secondary N) is 2. The van der Waals surface area contributed by atoms with Crippen LogP contribution in [0, 0.1) is 5.82 Å². The second-order valence-electron chi connectivity index (χ2n) is 11.5. The first-order valence-electron chi connectivity index (χ1n) is 13.9. The van der Waals surface area contributed by atoms with Crippen LogP contribution in [0.3, 0.4) is 0 Å². The van der Waals surface area contributed by atoms with Crippen molar-refractivity contribution in [3.63, 3.8) is 0 Å². The normalized spacial score (nSPS) is 22.0. The van der Waals surface area contributed by atoms with Gasteiger partial charge in [0.2, 0.25) is 21.8 Å². The molecule has 0 bridgehead atoms. The predicted octanol–water partition coefficient (Wildman–Crippen LogP) is 3.74. The second kappa shape index (κ2) is 10.2. The van der Waals surface area contributed by atoms with E-state index in [1.54, 1.807) is 37.4 Å². The third-order valence-electron chi connectivity index (χ3n) is 8.25. The zero-order valence-electron chi connectivity index (χ0n) is 23.5. The third-order valence-corrected chi connectivity index (χ3v) is 10.1. The minimum atomic E-state index is -3.63. The number of hydrogen-bond acceptors (Lipinski definition) is 8. The van der Waals surface area contributed by atoms with E-state index in [1.165, 1.54) is 12.3 Å². The van der Waals surface area contributed by atoms with E-state index in [0.717, 1.165) is 5.56 Å². The molecule has 218 valence electrons. The Balaban J connectivity index is 1.42. The highest BCUT2D eigenvalue weighted by Crippen LogP contribution is 2.56. The number of ether oxygens (including phenoxy) is 2. The maximum Gasteiger partial charge on any atom is 0.238 e. The molecule has 0 saturated heterocycles. The van der Waals surface area contributed by atoms with Gasteiger partial charge in [-0.15, -0.1) is 0 Å². The van der Waals surface area contributed by atoms with Gasteiger partial charge in [-0.3, -0.25) is 14.5 Å². The molecule has 12 heteroatoms. The molecule has 0 radical (unpaired) electrons. The highest BCUT2D eigenvalue weighted by Gasteiger charge is 2.58. The molecule has 2 aromatic heterocycles. The van der Waals surface area contributed by atoms with Crippen LogP contribution in [-0.4, -0.2) is 69.0 Å². The Morgan fingerprint density at radius 1 is 1.17 bits per heavy atom. The smallest absolute Gasteiger partial charge is 0.238 e. The summed E-state index contributed by atoms with van der Waals surface area (Å²) in [4.78, 5) is 23.9. The van der Waals surface area contributed by atoms with Crippen LogP contribution in [0.2, 0.25) is 0 Å². The molecule has 3 heterocycles. The van der Waals surface area contributed by atoms with Crippen molar-refractivity contribution in [1.82, 2.24) is 15.3 Å². The van der Waals surface area contributed by atoms with E-state index in [0.29, 0.717) is 54.4 Å². The lowest BCUT2D eigenvalue weighted by Gasteiger charge is -2.43. The van der Waals surface area contributed by atoms with Gasteiger partial charge in [0.05, 0.1) is 34.2 Å².